The van der Waals surface area contributed by atoms with Crippen LogP contribution < -0.4 is 5.32 Å². The van der Waals surface area contributed by atoms with E-state index in [2.05, 4.69) is 10.1 Å². The van der Waals surface area contributed by atoms with Gasteiger partial charge in [0.1, 0.15) is 0 Å². The molecule has 1 amide bonds. The minimum atomic E-state index is -0.546. The van der Waals surface area contributed by atoms with Crippen molar-refractivity contribution in [1.82, 2.24) is 5.32 Å². The summed E-state index contributed by atoms with van der Waals surface area (Å²) in [7, 11) is 1.31. The molecule has 1 heterocycles. The van der Waals surface area contributed by atoms with Gasteiger partial charge in [0.2, 0.25) is 0 Å². The lowest BCUT2D eigenvalue weighted by atomic mass is 9.95. The van der Waals surface area contributed by atoms with Gasteiger partial charge in [-0.1, -0.05) is 49.4 Å². The van der Waals surface area contributed by atoms with E-state index in [1.165, 1.54) is 18.4 Å². The van der Waals surface area contributed by atoms with Crippen molar-refractivity contribution in [3.63, 3.8) is 0 Å². The highest BCUT2D eigenvalue weighted by Crippen LogP contribution is 2.27. The highest BCUT2D eigenvalue weighted by Gasteiger charge is 2.26. The van der Waals surface area contributed by atoms with Crippen LogP contribution in [0, 0.1) is 5.92 Å². The van der Waals surface area contributed by atoms with Crippen molar-refractivity contribution in [3.05, 3.63) is 64.4 Å². The average molecular weight is 329 g/mol. The van der Waals surface area contributed by atoms with Crippen LogP contribution >= 0.6 is 11.3 Å². The maximum absolute atomic E-state index is 12.4. The van der Waals surface area contributed by atoms with Gasteiger partial charge >= 0.3 is 6.09 Å². The predicted octanol–water partition coefficient (Wildman–Crippen LogP) is 4.06. The zero-order valence-corrected chi connectivity index (χ0v) is 13.9. The molecular formula is C18H19NO3S. The first-order valence-corrected chi connectivity index (χ1v) is 8.14. The molecule has 2 rings (SSSR count). The van der Waals surface area contributed by atoms with Crippen LogP contribution in [0.4, 0.5) is 4.79 Å². The van der Waals surface area contributed by atoms with Crippen LogP contribution in [0.3, 0.4) is 0 Å². The summed E-state index contributed by atoms with van der Waals surface area (Å²) in [5.41, 5.74) is 0.960. The fraction of sp³-hybridized carbons (Fsp3) is 0.222. The SMILES string of the molecule is COC(=O)N[C@@H](c1cccs1)[C@H](C)C(=O)/C=C/c1ccccc1. The normalized spacial score (nSPS) is 13.5. The van der Waals surface area contributed by atoms with Crippen LogP contribution in [-0.4, -0.2) is 19.0 Å². The van der Waals surface area contributed by atoms with Crippen LogP contribution in [-0.2, 0) is 9.53 Å². The molecule has 1 aromatic heterocycles. The van der Waals surface area contributed by atoms with Gasteiger partial charge in [-0.3, -0.25) is 4.79 Å². The van der Waals surface area contributed by atoms with Gasteiger partial charge in [-0.05, 0) is 23.1 Å². The van der Waals surface area contributed by atoms with E-state index < -0.39 is 18.1 Å². The lowest BCUT2D eigenvalue weighted by Crippen LogP contribution is -2.34. The molecule has 4 nitrogen and oxygen atoms in total. The molecule has 0 bridgehead atoms. The number of methoxy groups -OCH3 is 1. The molecule has 5 heteroatoms. The molecule has 120 valence electrons. The number of ketones is 1. The maximum atomic E-state index is 12.4. The molecule has 0 saturated heterocycles. The number of alkyl carbamates (subject to hydrolysis) is 1. The standard InChI is InChI=1S/C18H19NO3S/c1-13(15(20)11-10-14-7-4-3-5-8-14)17(19-18(21)22-2)16-9-6-12-23-16/h3-13,17H,1-2H3,(H,19,21)/b11-10+/t13-,17-/m1/s1. The number of benzene rings is 1. The summed E-state index contributed by atoms with van der Waals surface area (Å²) in [5, 5.41) is 4.66. The zero-order valence-electron chi connectivity index (χ0n) is 13.1. The van der Waals surface area contributed by atoms with Crippen molar-refractivity contribution in [2.24, 2.45) is 5.92 Å². The van der Waals surface area contributed by atoms with Gasteiger partial charge in [0.15, 0.2) is 5.78 Å². The molecule has 0 spiro atoms. The topological polar surface area (TPSA) is 55.4 Å². The van der Waals surface area contributed by atoms with Gasteiger partial charge in [-0.2, -0.15) is 0 Å². The van der Waals surface area contributed by atoms with Gasteiger partial charge < -0.3 is 10.1 Å². The van der Waals surface area contributed by atoms with Gasteiger partial charge in [0, 0.05) is 10.8 Å². The number of ether oxygens (including phenoxy) is 1. The maximum Gasteiger partial charge on any atom is 0.407 e. The van der Waals surface area contributed by atoms with E-state index in [0.717, 1.165) is 10.4 Å². The number of rotatable bonds is 6. The van der Waals surface area contributed by atoms with Crippen molar-refractivity contribution >= 4 is 29.3 Å². The van der Waals surface area contributed by atoms with E-state index in [1.807, 2.05) is 47.8 Å². The van der Waals surface area contributed by atoms with Crippen LogP contribution in [0.25, 0.3) is 6.08 Å². The number of carbonyl (C=O) groups is 2. The fourth-order valence-corrected chi connectivity index (χ4v) is 3.04. The average Bonchev–Trinajstić information content (AvgIpc) is 3.11. The molecule has 0 aliphatic carbocycles. The summed E-state index contributed by atoms with van der Waals surface area (Å²) in [6.45, 7) is 1.80. The summed E-state index contributed by atoms with van der Waals surface area (Å²) < 4.78 is 4.66. The zero-order chi connectivity index (χ0) is 16.7. The van der Waals surface area contributed by atoms with Crippen molar-refractivity contribution in [3.8, 4) is 0 Å². The van der Waals surface area contributed by atoms with E-state index in [-0.39, 0.29) is 5.78 Å². The monoisotopic (exact) mass is 329 g/mol. The Bertz CT molecular complexity index is 665. The molecule has 0 radical (unpaired) electrons. The number of nitrogens with one attached hydrogen (secondary N) is 1. The number of thiophene rings is 1. The first-order chi connectivity index (χ1) is 11.1. The summed E-state index contributed by atoms with van der Waals surface area (Å²) >= 11 is 1.50. The van der Waals surface area contributed by atoms with Crippen LogP contribution in [0.5, 0.6) is 0 Å². The van der Waals surface area contributed by atoms with Crippen molar-refractivity contribution in [1.29, 1.82) is 0 Å². The molecule has 23 heavy (non-hydrogen) atoms. The number of hydrogen-bond donors (Lipinski definition) is 1. The number of amides is 1. The molecule has 1 aromatic carbocycles. The van der Waals surface area contributed by atoms with Crippen molar-refractivity contribution in [2.75, 3.05) is 7.11 Å². The molecule has 0 saturated carbocycles. The summed E-state index contributed by atoms with van der Waals surface area (Å²) in [6.07, 6.45) is 2.79. The lowest BCUT2D eigenvalue weighted by Gasteiger charge is -2.21. The molecule has 0 aliphatic heterocycles. The number of hydrogen-bond acceptors (Lipinski definition) is 4. The minimum Gasteiger partial charge on any atom is -0.453 e. The second-order valence-corrected chi connectivity index (χ2v) is 6.04. The third-order valence-electron chi connectivity index (χ3n) is 3.50. The Hall–Kier alpha value is -2.40. The summed E-state index contributed by atoms with van der Waals surface area (Å²) in [4.78, 5) is 24.9. The van der Waals surface area contributed by atoms with Gasteiger partial charge in [0.05, 0.1) is 13.2 Å². The summed E-state index contributed by atoms with van der Waals surface area (Å²) in [6, 6.07) is 13.0. The van der Waals surface area contributed by atoms with E-state index in [0.29, 0.717) is 0 Å². The first-order valence-electron chi connectivity index (χ1n) is 7.26. The Balaban J connectivity index is 2.13. The Morgan fingerprint density at radius 3 is 2.52 bits per heavy atom. The fourth-order valence-electron chi connectivity index (χ4n) is 2.16. The number of allylic oxidation sites excluding steroid dienone is 1. The Kier molecular flexibility index (Phi) is 6.11. The second-order valence-electron chi connectivity index (χ2n) is 5.06. The first kappa shape index (κ1) is 17.0. The van der Waals surface area contributed by atoms with Gasteiger partial charge in [0.25, 0.3) is 0 Å². The third-order valence-corrected chi connectivity index (χ3v) is 4.45. The largest absolute Gasteiger partial charge is 0.453 e. The molecule has 0 unspecified atom stereocenters. The van der Waals surface area contributed by atoms with E-state index in [4.69, 9.17) is 0 Å². The van der Waals surface area contributed by atoms with Crippen molar-refractivity contribution < 1.29 is 14.3 Å². The Morgan fingerprint density at radius 2 is 1.91 bits per heavy atom. The number of carbonyl (C=O) groups excluding carboxylic acids is 2. The minimum absolute atomic E-state index is 0.0522. The predicted molar refractivity (Wildman–Crippen MR) is 92.2 cm³/mol. The Labute approximate surface area is 139 Å². The van der Waals surface area contributed by atoms with Crippen LogP contribution in [0.1, 0.15) is 23.4 Å². The molecule has 0 aliphatic rings. The third kappa shape index (κ3) is 4.79. The van der Waals surface area contributed by atoms with Crippen LogP contribution in [0.15, 0.2) is 53.9 Å². The van der Waals surface area contributed by atoms with Crippen molar-refractivity contribution in [2.45, 2.75) is 13.0 Å². The smallest absolute Gasteiger partial charge is 0.407 e. The summed E-state index contributed by atoms with van der Waals surface area (Å²) in [5.74, 6) is -0.448. The lowest BCUT2D eigenvalue weighted by molar-refractivity contribution is -0.118. The van der Waals surface area contributed by atoms with Crippen LogP contribution in [0.2, 0.25) is 0 Å². The molecule has 0 fully saturated rings. The van der Waals surface area contributed by atoms with Gasteiger partial charge in [-0.15, -0.1) is 11.3 Å². The Morgan fingerprint density at radius 1 is 1.17 bits per heavy atom. The van der Waals surface area contributed by atoms with E-state index in [1.54, 1.807) is 19.1 Å². The van der Waals surface area contributed by atoms with Gasteiger partial charge in [-0.25, -0.2) is 4.79 Å². The molecule has 2 atom stereocenters. The molecule has 1 N–H and O–H groups in total. The molecule has 2 aromatic rings. The van der Waals surface area contributed by atoms with E-state index in [9.17, 15) is 9.59 Å². The second kappa shape index (κ2) is 8.29. The molecular weight excluding hydrogens is 310 g/mol. The quantitative estimate of drug-likeness (QED) is 0.813. The highest BCUT2D eigenvalue weighted by atomic mass is 32.1. The van der Waals surface area contributed by atoms with E-state index >= 15 is 0 Å². The highest BCUT2D eigenvalue weighted by molar-refractivity contribution is 7.10.